The summed E-state index contributed by atoms with van der Waals surface area (Å²) in [6.07, 6.45) is 0.839. The molecule has 0 saturated carbocycles. The van der Waals surface area contributed by atoms with Gasteiger partial charge in [0.1, 0.15) is 10.6 Å². The van der Waals surface area contributed by atoms with Crippen molar-refractivity contribution in [1.29, 1.82) is 0 Å². The molecule has 1 amide bonds. The molecule has 8 heteroatoms. The molecule has 0 unspecified atom stereocenters. The Morgan fingerprint density at radius 3 is 2.54 bits per heavy atom. The van der Waals surface area contributed by atoms with Crippen molar-refractivity contribution < 1.29 is 17.9 Å². The van der Waals surface area contributed by atoms with Crippen LogP contribution in [-0.2, 0) is 10.0 Å². The molecule has 0 atom stereocenters. The van der Waals surface area contributed by atoms with Crippen LogP contribution < -0.4 is 10.1 Å². The first-order chi connectivity index (χ1) is 12.3. The van der Waals surface area contributed by atoms with Crippen LogP contribution >= 0.6 is 11.6 Å². The number of benzene rings is 2. The Morgan fingerprint density at radius 2 is 1.88 bits per heavy atom. The Kier molecular flexibility index (Phi) is 6.63. The van der Waals surface area contributed by atoms with Gasteiger partial charge >= 0.3 is 0 Å². The second-order valence-electron chi connectivity index (χ2n) is 5.73. The van der Waals surface area contributed by atoms with Gasteiger partial charge < -0.3 is 10.1 Å². The molecule has 2 aromatic carbocycles. The van der Waals surface area contributed by atoms with Crippen molar-refractivity contribution in [3.05, 3.63) is 53.1 Å². The molecular weight excluding hydrogens is 376 g/mol. The van der Waals surface area contributed by atoms with E-state index in [4.69, 9.17) is 16.3 Å². The summed E-state index contributed by atoms with van der Waals surface area (Å²) in [6, 6.07) is 11.2. The van der Waals surface area contributed by atoms with Crippen molar-refractivity contribution in [2.24, 2.45) is 0 Å². The fourth-order valence-corrected chi connectivity index (χ4v) is 3.54. The van der Waals surface area contributed by atoms with E-state index in [1.54, 1.807) is 18.2 Å². The molecular formula is C18H21ClN2O4S. The first kappa shape index (κ1) is 20.2. The summed E-state index contributed by atoms with van der Waals surface area (Å²) in [5.74, 6) is 0.0993. The normalized spacial score (nSPS) is 11.4. The quantitative estimate of drug-likeness (QED) is 0.775. The van der Waals surface area contributed by atoms with Gasteiger partial charge in [-0.3, -0.25) is 4.79 Å². The van der Waals surface area contributed by atoms with E-state index in [0.29, 0.717) is 18.0 Å². The summed E-state index contributed by atoms with van der Waals surface area (Å²) in [7, 11) is -0.955. The molecule has 0 aliphatic carbocycles. The lowest BCUT2D eigenvalue weighted by Gasteiger charge is -2.15. The van der Waals surface area contributed by atoms with Gasteiger partial charge in [-0.1, -0.05) is 30.7 Å². The van der Waals surface area contributed by atoms with Crippen LogP contribution in [0.1, 0.15) is 23.7 Å². The van der Waals surface area contributed by atoms with Crippen molar-refractivity contribution in [1.82, 2.24) is 4.31 Å². The molecule has 2 aromatic rings. The zero-order valence-corrected chi connectivity index (χ0v) is 16.4. The van der Waals surface area contributed by atoms with E-state index in [2.05, 4.69) is 5.32 Å². The van der Waals surface area contributed by atoms with Crippen LogP contribution in [0.4, 0.5) is 5.69 Å². The Balaban J connectivity index is 2.32. The lowest BCUT2D eigenvalue weighted by Crippen LogP contribution is -2.23. The Morgan fingerprint density at radius 1 is 1.19 bits per heavy atom. The SMILES string of the molecule is CCCOc1ccccc1NC(=O)c1ccc(Cl)c(S(=O)(=O)N(C)C)c1. The van der Waals surface area contributed by atoms with Gasteiger partial charge in [-0.05, 0) is 36.8 Å². The Bertz CT molecular complexity index is 898. The van der Waals surface area contributed by atoms with Gasteiger partial charge in [0.25, 0.3) is 5.91 Å². The van der Waals surface area contributed by atoms with Gasteiger partial charge in [0.2, 0.25) is 10.0 Å². The van der Waals surface area contributed by atoms with E-state index in [1.807, 2.05) is 13.0 Å². The third-order valence-electron chi connectivity index (χ3n) is 3.55. The summed E-state index contributed by atoms with van der Waals surface area (Å²) in [6.45, 7) is 2.51. The molecule has 0 aromatic heterocycles. The number of anilines is 1. The van der Waals surface area contributed by atoms with Gasteiger partial charge in [-0.15, -0.1) is 0 Å². The zero-order valence-electron chi connectivity index (χ0n) is 14.8. The molecule has 0 aliphatic heterocycles. The number of nitrogens with one attached hydrogen (secondary N) is 1. The Hall–Kier alpha value is -2.09. The maximum absolute atomic E-state index is 12.6. The van der Waals surface area contributed by atoms with Crippen LogP contribution in [0.15, 0.2) is 47.4 Å². The summed E-state index contributed by atoms with van der Waals surface area (Å²) >= 11 is 6.01. The van der Waals surface area contributed by atoms with Gasteiger partial charge in [0, 0.05) is 19.7 Å². The Labute approximate surface area is 158 Å². The lowest BCUT2D eigenvalue weighted by atomic mass is 10.2. The van der Waals surface area contributed by atoms with Crippen LogP contribution in [0.2, 0.25) is 5.02 Å². The average molecular weight is 397 g/mol. The van der Waals surface area contributed by atoms with Crippen molar-refractivity contribution in [3.63, 3.8) is 0 Å². The highest BCUT2D eigenvalue weighted by Gasteiger charge is 2.22. The van der Waals surface area contributed by atoms with Crippen LogP contribution in [0.25, 0.3) is 0 Å². The third kappa shape index (κ3) is 4.55. The highest BCUT2D eigenvalue weighted by Crippen LogP contribution is 2.27. The summed E-state index contributed by atoms with van der Waals surface area (Å²) in [5.41, 5.74) is 0.693. The maximum atomic E-state index is 12.6. The van der Waals surface area contributed by atoms with Crippen LogP contribution in [0, 0.1) is 0 Å². The monoisotopic (exact) mass is 396 g/mol. The van der Waals surface area contributed by atoms with E-state index >= 15 is 0 Å². The lowest BCUT2D eigenvalue weighted by molar-refractivity contribution is 0.102. The van der Waals surface area contributed by atoms with Crippen LogP contribution in [0.5, 0.6) is 5.75 Å². The number of amides is 1. The van der Waals surface area contributed by atoms with Crippen LogP contribution in [-0.4, -0.2) is 39.3 Å². The standard InChI is InChI=1S/C18H21ClN2O4S/c1-4-11-25-16-8-6-5-7-15(16)20-18(22)13-9-10-14(19)17(12-13)26(23,24)21(2)3/h5-10,12H,4,11H2,1-3H3,(H,20,22). The molecule has 1 N–H and O–H groups in total. The topological polar surface area (TPSA) is 75.7 Å². The average Bonchev–Trinajstić information content (AvgIpc) is 2.61. The number of sulfonamides is 1. The molecule has 6 nitrogen and oxygen atoms in total. The minimum absolute atomic E-state index is 0.0573. The molecule has 0 bridgehead atoms. The maximum Gasteiger partial charge on any atom is 0.255 e. The fourth-order valence-electron chi connectivity index (χ4n) is 2.14. The number of halogens is 1. The number of carbonyl (C=O) groups is 1. The van der Waals surface area contributed by atoms with E-state index in [0.717, 1.165) is 10.7 Å². The summed E-state index contributed by atoms with van der Waals surface area (Å²) in [5, 5.41) is 2.80. The smallest absolute Gasteiger partial charge is 0.255 e. The van der Waals surface area contributed by atoms with Crippen molar-refractivity contribution >= 4 is 33.2 Å². The number of para-hydroxylation sites is 2. The molecule has 0 fully saturated rings. The minimum atomic E-state index is -3.76. The van der Waals surface area contributed by atoms with Gasteiger partial charge in [0.15, 0.2) is 0 Å². The molecule has 0 aliphatic rings. The second-order valence-corrected chi connectivity index (χ2v) is 8.26. The highest BCUT2D eigenvalue weighted by molar-refractivity contribution is 7.89. The molecule has 0 heterocycles. The number of ether oxygens (including phenoxy) is 1. The summed E-state index contributed by atoms with van der Waals surface area (Å²) < 4.78 is 31.4. The molecule has 140 valence electrons. The number of hydrogen-bond acceptors (Lipinski definition) is 4. The first-order valence-electron chi connectivity index (χ1n) is 8.02. The van der Waals surface area contributed by atoms with Crippen molar-refractivity contribution in [2.75, 3.05) is 26.0 Å². The first-order valence-corrected chi connectivity index (χ1v) is 9.84. The minimum Gasteiger partial charge on any atom is -0.491 e. The molecule has 2 rings (SSSR count). The third-order valence-corrected chi connectivity index (χ3v) is 5.85. The molecule has 26 heavy (non-hydrogen) atoms. The van der Waals surface area contributed by atoms with E-state index in [9.17, 15) is 13.2 Å². The molecule has 0 radical (unpaired) electrons. The molecule has 0 saturated heterocycles. The predicted octanol–water partition coefficient (Wildman–Crippen LogP) is 3.63. The van der Waals surface area contributed by atoms with Crippen molar-refractivity contribution in [2.45, 2.75) is 18.2 Å². The van der Waals surface area contributed by atoms with E-state index in [-0.39, 0.29) is 15.5 Å². The number of carbonyl (C=O) groups excluding carboxylic acids is 1. The van der Waals surface area contributed by atoms with Crippen LogP contribution in [0.3, 0.4) is 0 Å². The number of hydrogen-bond donors (Lipinski definition) is 1. The highest BCUT2D eigenvalue weighted by atomic mass is 35.5. The van der Waals surface area contributed by atoms with E-state index in [1.165, 1.54) is 32.3 Å². The van der Waals surface area contributed by atoms with Gasteiger partial charge in [-0.25, -0.2) is 12.7 Å². The van der Waals surface area contributed by atoms with Gasteiger partial charge in [0.05, 0.1) is 17.3 Å². The van der Waals surface area contributed by atoms with Crippen molar-refractivity contribution in [3.8, 4) is 5.75 Å². The second kappa shape index (κ2) is 8.53. The summed E-state index contributed by atoms with van der Waals surface area (Å²) in [4.78, 5) is 12.5. The number of rotatable bonds is 7. The van der Waals surface area contributed by atoms with Gasteiger partial charge in [-0.2, -0.15) is 0 Å². The largest absolute Gasteiger partial charge is 0.491 e. The fraction of sp³-hybridized carbons (Fsp3) is 0.278. The number of nitrogens with zero attached hydrogens (tertiary/aromatic N) is 1. The van der Waals surface area contributed by atoms with E-state index < -0.39 is 15.9 Å². The molecule has 0 spiro atoms. The predicted molar refractivity (Wildman–Crippen MR) is 103 cm³/mol. The zero-order chi connectivity index (χ0) is 19.3.